The number of ether oxygens (including phenoxy) is 4. The molecule has 2 heterocycles. The zero-order chi connectivity index (χ0) is 44.7. The van der Waals surface area contributed by atoms with Crippen molar-refractivity contribution in [2.24, 2.45) is 0 Å². The van der Waals surface area contributed by atoms with Crippen molar-refractivity contribution < 1.29 is 45.4 Å². The number of aryl methyl sites for hydroxylation is 2. The molecule has 0 unspecified atom stereocenters. The lowest BCUT2D eigenvalue weighted by molar-refractivity contribution is 0.0513. The van der Waals surface area contributed by atoms with E-state index >= 15 is 0 Å². The topological polar surface area (TPSA) is 203 Å². The molecule has 0 fully saturated rings. The van der Waals surface area contributed by atoms with Crippen LogP contribution in [0.25, 0.3) is 0 Å². The van der Waals surface area contributed by atoms with Crippen LogP contribution in [0.5, 0.6) is 23.0 Å². The summed E-state index contributed by atoms with van der Waals surface area (Å²) in [4.78, 5) is 32.4. The van der Waals surface area contributed by atoms with Gasteiger partial charge in [0, 0.05) is 46.6 Å². The number of carbonyl (C=O) groups is 2. The predicted molar refractivity (Wildman–Crippen MR) is 234 cm³/mol. The molecule has 0 aliphatic carbocycles. The summed E-state index contributed by atoms with van der Waals surface area (Å²) < 4.78 is 70.6. The molecule has 320 valence electrons. The fraction of sp³-hybridized carbons (Fsp3) is 0.143. The summed E-state index contributed by atoms with van der Waals surface area (Å²) in [6.07, 6.45) is 5.87. The number of pyridine rings is 2. The van der Waals surface area contributed by atoms with Gasteiger partial charge in [0.05, 0.1) is 45.4 Å². The van der Waals surface area contributed by atoms with Gasteiger partial charge >= 0.3 is 11.9 Å². The standard InChI is InChI=1S/C21H19ClN2O5S.C14H13ClN2O3.C7H7ClO2S/c1-3-28-21(25)19-11-16(24-30(26,27)18-7-4-14(2)5-8-18)6-9-20(19)29-17-10-15(22)12-23-13-17;1-2-19-14(18)12-6-10(16)3-4-13(12)20-11-5-9(15)7-17-8-11;1-6-2-4-7(5-3-6)11(8,9)10/h4-13,24H,3H2,1-2H3;3-8H,2,16H2,1H3;2-5H,1H3. The third-order valence-corrected chi connectivity index (χ3v) is 10.9. The molecule has 0 saturated carbocycles. The van der Waals surface area contributed by atoms with Crippen molar-refractivity contribution in [1.82, 2.24) is 9.97 Å². The van der Waals surface area contributed by atoms with Crippen LogP contribution in [0.4, 0.5) is 11.4 Å². The molecule has 61 heavy (non-hydrogen) atoms. The monoisotopic (exact) mass is 928 g/mol. The molecule has 0 saturated heterocycles. The lowest BCUT2D eigenvalue weighted by Crippen LogP contribution is -2.14. The van der Waals surface area contributed by atoms with E-state index < -0.39 is 31.0 Å². The highest BCUT2D eigenvalue weighted by Gasteiger charge is 2.20. The molecule has 2 aromatic heterocycles. The number of nitrogens with one attached hydrogen (secondary N) is 1. The second-order valence-corrected chi connectivity index (χ2v) is 17.6. The highest BCUT2D eigenvalue weighted by Crippen LogP contribution is 2.31. The Morgan fingerprint density at radius 2 is 1.07 bits per heavy atom. The van der Waals surface area contributed by atoms with Crippen molar-refractivity contribution in [1.29, 1.82) is 0 Å². The quantitative estimate of drug-likeness (QED) is 0.0667. The van der Waals surface area contributed by atoms with Gasteiger partial charge in [0.1, 0.15) is 34.1 Å². The second kappa shape index (κ2) is 22.1. The number of carbonyl (C=O) groups excluding carboxylic acids is 2. The summed E-state index contributed by atoms with van der Waals surface area (Å²) in [5.74, 6) is 0.107. The SMILES string of the molecule is CCOC(=O)c1cc(N)ccc1Oc1cncc(Cl)c1.CCOC(=O)c1cc(NS(=O)(=O)c2ccc(C)cc2)ccc1Oc1cncc(Cl)c1.Cc1ccc(S(=O)(=O)Cl)cc1. The minimum absolute atomic E-state index is 0.0564. The summed E-state index contributed by atoms with van der Waals surface area (Å²) in [5, 5.41) is 0.809. The molecule has 0 aliphatic heterocycles. The summed E-state index contributed by atoms with van der Waals surface area (Å²) in [6.45, 7) is 7.56. The number of halogens is 3. The average Bonchev–Trinajstić information content (AvgIpc) is 3.20. The molecule has 0 aliphatic rings. The maximum atomic E-state index is 12.7. The van der Waals surface area contributed by atoms with Gasteiger partial charge in [0.2, 0.25) is 0 Å². The largest absolute Gasteiger partial charge is 0.462 e. The van der Waals surface area contributed by atoms with Crippen molar-refractivity contribution in [3.05, 3.63) is 154 Å². The Hall–Kier alpha value is -5.91. The van der Waals surface area contributed by atoms with Crippen LogP contribution in [0.1, 0.15) is 45.7 Å². The van der Waals surface area contributed by atoms with E-state index in [9.17, 15) is 26.4 Å². The molecule has 14 nitrogen and oxygen atoms in total. The fourth-order valence-corrected chi connectivity index (χ4v) is 6.99. The zero-order valence-electron chi connectivity index (χ0n) is 33.0. The number of hydrogen-bond donors (Lipinski definition) is 2. The smallest absolute Gasteiger partial charge is 0.342 e. The minimum Gasteiger partial charge on any atom is -0.462 e. The number of sulfonamides is 1. The van der Waals surface area contributed by atoms with Gasteiger partial charge in [-0.25, -0.2) is 26.4 Å². The predicted octanol–water partition coefficient (Wildman–Crippen LogP) is 10.0. The van der Waals surface area contributed by atoms with Gasteiger partial charge in [-0.05, 0) is 88.4 Å². The summed E-state index contributed by atoms with van der Waals surface area (Å²) >= 11 is 11.8. The van der Waals surface area contributed by atoms with Crippen LogP contribution in [0.2, 0.25) is 10.0 Å². The van der Waals surface area contributed by atoms with Gasteiger partial charge in [-0.3, -0.25) is 14.7 Å². The van der Waals surface area contributed by atoms with Crippen LogP contribution in [0, 0.1) is 13.8 Å². The highest BCUT2D eigenvalue weighted by molar-refractivity contribution is 8.13. The van der Waals surface area contributed by atoms with Crippen LogP contribution >= 0.6 is 33.9 Å². The first-order valence-electron chi connectivity index (χ1n) is 17.9. The molecular formula is C42H39Cl3N4O10S2. The zero-order valence-corrected chi connectivity index (χ0v) is 36.9. The molecule has 0 atom stereocenters. The fourth-order valence-electron chi connectivity index (χ4n) is 4.84. The van der Waals surface area contributed by atoms with Crippen LogP contribution in [-0.4, -0.2) is 52.0 Å². The third-order valence-electron chi connectivity index (χ3n) is 7.68. The van der Waals surface area contributed by atoms with Gasteiger partial charge in [-0.15, -0.1) is 0 Å². The molecule has 0 radical (unpaired) electrons. The molecule has 0 spiro atoms. The van der Waals surface area contributed by atoms with Crippen molar-refractivity contribution in [2.45, 2.75) is 37.5 Å². The lowest BCUT2D eigenvalue weighted by atomic mass is 10.2. The maximum absolute atomic E-state index is 12.7. The van der Waals surface area contributed by atoms with Gasteiger partial charge in [0.25, 0.3) is 19.1 Å². The Morgan fingerprint density at radius 1 is 0.623 bits per heavy atom. The van der Waals surface area contributed by atoms with Crippen LogP contribution in [0.3, 0.4) is 0 Å². The van der Waals surface area contributed by atoms with E-state index in [0.29, 0.717) is 33.0 Å². The molecule has 19 heteroatoms. The second-order valence-electron chi connectivity index (χ2n) is 12.5. The summed E-state index contributed by atoms with van der Waals surface area (Å²) in [7, 11) is -2.30. The van der Waals surface area contributed by atoms with E-state index in [0.717, 1.165) is 11.1 Å². The number of rotatable bonds is 12. The Bertz CT molecular complexity index is 2690. The van der Waals surface area contributed by atoms with Gasteiger partial charge < -0.3 is 24.7 Å². The normalized spacial score (nSPS) is 10.8. The number of nitrogens with two attached hydrogens (primary N) is 1. The molecule has 6 rings (SSSR count). The van der Waals surface area contributed by atoms with Crippen LogP contribution < -0.4 is 19.9 Å². The van der Waals surface area contributed by atoms with E-state index in [4.69, 9.17) is 58.6 Å². The molecular weight excluding hydrogens is 891 g/mol. The van der Waals surface area contributed by atoms with Gasteiger partial charge in [-0.1, -0.05) is 58.6 Å². The first-order valence-corrected chi connectivity index (χ1v) is 22.5. The molecule has 0 bridgehead atoms. The van der Waals surface area contributed by atoms with Crippen LogP contribution in [0.15, 0.2) is 132 Å². The summed E-state index contributed by atoms with van der Waals surface area (Å²) in [6, 6.07) is 25.0. The minimum atomic E-state index is -3.83. The van der Waals surface area contributed by atoms with E-state index in [1.807, 2.05) is 13.8 Å². The number of nitrogens with zero attached hydrogens (tertiary/aromatic N) is 2. The van der Waals surface area contributed by atoms with Crippen molar-refractivity contribution in [3.63, 3.8) is 0 Å². The highest BCUT2D eigenvalue weighted by atomic mass is 35.7. The number of nitrogen functional groups attached to an aromatic ring is 1. The average molecular weight is 930 g/mol. The van der Waals surface area contributed by atoms with Crippen molar-refractivity contribution in [2.75, 3.05) is 23.7 Å². The molecule has 4 aromatic carbocycles. The van der Waals surface area contributed by atoms with Gasteiger partial charge in [-0.2, -0.15) is 0 Å². The first-order chi connectivity index (χ1) is 28.9. The van der Waals surface area contributed by atoms with E-state index in [1.165, 1.54) is 79.4 Å². The van der Waals surface area contributed by atoms with Crippen LogP contribution in [-0.2, 0) is 28.5 Å². The lowest BCUT2D eigenvalue weighted by Gasteiger charge is -2.14. The number of esters is 2. The third kappa shape index (κ3) is 14.9. The summed E-state index contributed by atoms with van der Waals surface area (Å²) in [5.41, 5.74) is 8.58. The Kier molecular flexibility index (Phi) is 17.3. The van der Waals surface area contributed by atoms with Gasteiger partial charge in [0.15, 0.2) is 0 Å². The number of aromatic nitrogens is 2. The molecule has 0 amide bonds. The number of hydrogen-bond acceptors (Lipinski definition) is 13. The van der Waals surface area contributed by atoms with E-state index in [2.05, 4.69) is 14.7 Å². The van der Waals surface area contributed by atoms with Crippen molar-refractivity contribution >= 4 is 76.3 Å². The van der Waals surface area contributed by atoms with E-state index in [1.54, 1.807) is 56.3 Å². The Labute approximate surface area is 368 Å². The maximum Gasteiger partial charge on any atom is 0.342 e. The first kappa shape index (κ1) is 47.8. The molecule has 3 N–H and O–H groups in total. The molecule has 6 aromatic rings. The number of benzene rings is 4. The van der Waals surface area contributed by atoms with E-state index in [-0.39, 0.29) is 45.6 Å². The Morgan fingerprint density at radius 3 is 1.51 bits per heavy atom. The van der Waals surface area contributed by atoms with Crippen molar-refractivity contribution in [3.8, 4) is 23.0 Å². The Balaban J connectivity index is 0.000000226. The number of anilines is 2.